The van der Waals surface area contributed by atoms with E-state index in [2.05, 4.69) is 0 Å². The first-order chi connectivity index (χ1) is 8.11. The van der Waals surface area contributed by atoms with Crippen molar-refractivity contribution in [2.75, 3.05) is 7.11 Å². The molecule has 0 fully saturated rings. The molecule has 0 aromatic heterocycles. The highest BCUT2D eigenvalue weighted by molar-refractivity contribution is 6.59. The van der Waals surface area contributed by atoms with E-state index in [1.54, 1.807) is 0 Å². The normalized spacial score (nSPS) is 17.6. The fraction of sp³-hybridized carbons (Fsp3) is 0.333. The molecule has 0 aliphatic carbocycles. The van der Waals surface area contributed by atoms with Crippen LogP contribution in [-0.4, -0.2) is 24.3 Å². The zero-order valence-electron chi connectivity index (χ0n) is 12.1. The molecule has 1 aromatic carbocycles. The van der Waals surface area contributed by atoms with Crippen molar-refractivity contribution in [1.29, 1.82) is 0 Å². The van der Waals surface area contributed by atoms with Crippen molar-refractivity contribution < 1.29 is 21.6 Å². The third kappa shape index (κ3) is 2.23. The summed E-state index contributed by atoms with van der Waals surface area (Å²) in [5, 5.41) is 18.3. The van der Waals surface area contributed by atoms with Crippen LogP contribution in [-0.2, 0) is 6.37 Å². The molecule has 0 atom stereocenters. The lowest BCUT2D eigenvalue weighted by Gasteiger charge is -2.08. The van der Waals surface area contributed by atoms with Crippen molar-refractivity contribution in [3.63, 3.8) is 0 Å². The maximum atomic E-state index is 9.14. The summed E-state index contributed by atoms with van der Waals surface area (Å²) in [4.78, 5) is 0. The monoisotopic (exact) mass is 185 g/mol. The number of rotatable bonds is 3. The van der Waals surface area contributed by atoms with Crippen LogP contribution in [0.25, 0.3) is 0 Å². The molecule has 0 aliphatic heterocycles. The van der Waals surface area contributed by atoms with Crippen LogP contribution in [0.5, 0.6) is 5.75 Å². The van der Waals surface area contributed by atoms with Gasteiger partial charge in [0.15, 0.2) is 0 Å². The fourth-order valence-corrected chi connectivity index (χ4v) is 1.01. The Hall–Kier alpha value is -0.995. The van der Waals surface area contributed by atoms with E-state index in [1.165, 1.54) is 19.2 Å². The molecule has 70 valence electrons. The van der Waals surface area contributed by atoms with Crippen LogP contribution < -0.4 is 10.2 Å². The van der Waals surface area contributed by atoms with Gasteiger partial charge in [0.1, 0.15) is 5.75 Å². The summed E-state index contributed by atoms with van der Waals surface area (Å²) in [5.41, 5.74) is -0.241. The van der Waals surface area contributed by atoms with Crippen molar-refractivity contribution in [2.24, 2.45) is 0 Å². The van der Waals surface area contributed by atoms with Gasteiger partial charge in [-0.25, -0.2) is 0 Å². The molecule has 0 aliphatic rings. The van der Waals surface area contributed by atoms with Crippen molar-refractivity contribution in [3.8, 4) is 5.75 Å². The van der Waals surface area contributed by atoms with E-state index in [9.17, 15) is 0 Å². The van der Waals surface area contributed by atoms with Crippen LogP contribution in [0.1, 0.15) is 19.3 Å². The van der Waals surface area contributed by atoms with Gasteiger partial charge in [-0.1, -0.05) is 19.0 Å². The summed E-state index contributed by atoms with van der Waals surface area (Å²) in [6.07, 6.45) is -2.58. The third-order valence-electron chi connectivity index (χ3n) is 1.65. The van der Waals surface area contributed by atoms with Crippen molar-refractivity contribution >= 4 is 12.6 Å². The molecule has 4 heteroatoms. The Kier molecular flexibility index (Phi) is 1.66. The van der Waals surface area contributed by atoms with E-state index >= 15 is 0 Å². The van der Waals surface area contributed by atoms with Gasteiger partial charge in [0, 0.05) is 12.3 Å². The summed E-state index contributed by atoms with van der Waals surface area (Å²) in [6, 6.07) is 3.63. The molecule has 0 saturated carbocycles. The van der Waals surface area contributed by atoms with E-state index in [0.717, 1.165) is 6.07 Å². The average Bonchev–Trinajstić information content (AvgIpc) is 2.26. The summed E-state index contributed by atoms with van der Waals surface area (Å²) in [7, 11) is -0.550. The molecule has 2 N–H and O–H groups in total. The molecule has 0 heterocycles. The first-order valence-corrected chi connectivity index (χ1v) is 3.66. The Labute approximate surface area is 85.1 Å². The number of hydrogen-bond donors (Lipinski definition) is 2. The second-order valence-corrected chi connectivity index (χ2v) is 2.46. The second kappa shape index (κ2) is 4.30. The minimum Gasteiger partial charge on any atom is -0.497 e. The van der Waals surface area contributed by atoms with Gasteiger partial charge in [0.2, 0.25) is 0 Å². The molecule has 0 bridgehead atoms. The van der Waals surface area contributed by atoms with Crippen LogP contribution in [0, 0.1) is 0 Å². The maximum Gasteiger partial charge on any atom is 0.492 e. The van der Waals surface area contributed by atoms with E-state index in [4.69, 9.17) is 21.6 Å². The number of hydrogen-bond acceptors (Lipinski definition) is 3. The molecule has 0 spiro atoms. The first kappa shape index (κ1) is 5.03. The van der Waals surface area contributed by atoms with Gasteiger partial charge < -0.3 is 14.8 Å². The highest BCUT2D eigenvalue weighted by Gasteiger charge is 2.16. The van der Waals surface area contributed by atoms with Crippen LogP contribution in [0.15, 0.2) is 18.2 Å². The van der Waals surface area contributed by atoms with E-state index in [-0.39, 0.29) is 16.8 Å². The maximum absolute atomic E-state index is 9.14. The van der Waals surface area contributed by atoms with Gasteiger partial charge in [0.25, 0.3) is 0 Å². The molecule has 0 radical (unpaired) electrons. The minimum atomic E-state index is -2.85. The molecule has 3 nitrogen and oxygen atoms in total. The summed E-state index contributed by atoms with van der Waals surface area (Å²) >= 11 is 0. The Balaban J connectivity index is 3.33. The minimum absolute atomic E-state index is 0.0804. The number of methoxy groups -OCH3 is 1. The van der Waals surface area contributed by atoms with Gasteiger partial charge in [-0.3, -0.25) is 0 Å². The number of benzene rings is 1. The molecular formula is C9H13BO3. The lowest BCUT2D eigenvalue weighted by Crippen LogP contribution is -2.31. The van der Waals surface area contributed by atoms with Crippen LogP contribution >= 0.6 is 0 Å². The lowest BCUT2D eigenvalue weighted by atomic mass is 9.78. The van der Waals surface area contributed by atoms with E-state index < -0.39 is 20.3 Å². The third-order valence-corrected chi connectivity index (χ3v) is 1.65. The highest BCUT2D eigenvalue weighted by Crippen LogP contribution is 2.09. The van der Waals surface area contributed by atoms with Gasteiger partial charge in [-0.15, -0.1) is 0 Å². The largest absolute Gasteiger partial charge is 0.497 e. The zero-order chi connectivity index (χ0) is 14.1. The summed E-state index contributed by atoms with van der Waals surface area (Å²) in [6.45, 7) is -2.85. The fourth-order valence-electron chi connectivity index (χ4n) is 1.01. The lowest BCUT2D eigenvalue weighted by molar-refractivity contribution is 0.403. The first-order valence-electron chi connectivity index (χ1n) is 6.16. The van der Waals surface area contributed by atoms with Crippen LogP contribution in [0.4, 0.5) is 0 Å². The summed E-state index contributed by atoms with van der Waals surface area (Å²) < 4.78 is 41.5. The molecule has 0 amide bonds. The Morgan fingerprint density at radius 1 is 1.62 bits per heavy atom. The van der Waals surface area contributed by atoms with Crippen molar-refractivity contribution in [1.82, 2.24) is 0 Å². The molecule has 0 unspecified atom stereocenters. The SMILES string of the molecule is [2H]C([2H])([2H])C([2H])([2H])c1ccc(OC)c(B(O)O)c1. The second-order valence-electron chi connectivity index (χ2n) is 2.46. The van der Waals surface area contributed by atoms with Crippen molar-refractivity contribution in [3.05, 3.63) is 23.8 Å². The highest BCUT2D eigenvalue weighted by atomic mass is 16.5. The van der Waals surface area contributed by atoms with Crippen LogP contribution in [0.2, 0.25) is 0 Å². The number of ether oxygens (including phenoxy) is 1. The average molecular weight is 185 g/mol. The van der Waals surface area contributed by atoms with Gasteiger partial charge >= 0.3 is 7.12 Å². The predicted molar refractivity (Wildman–Crippen MR) is 52.2 cm³/mol. The van der Waals surface area contributed by atoms with Crippen LogP contribution in [0.3, 0.4) is 0 Å². The Bertz CT molecular complexity index is 433. The summed E-state index contributed by atoms with van der Waals surface area (Å²) in [5.74, 6) is 0.148. The van der Waals surface area contributed by atoms with E-state index in [1.807, 2.05) is 0 Å². The Morgan fingerprint density at radius 3 is 2.92 bits per heavy atom. The van der Waals surface area contributed by atoms with Crippen molar-refractivity contribution in [2.45, 2.75) is 13.2 Å². The predicted octanol–water partition coefficient (Wildman–Crippen LogP) is -0.0626. The smallest absolute Gasteiger partial charge is 0.492 e. The topological polar surface area (TPSA) is 49.7 Å². The van der Waals surface area contributed by atoms with E-state index in [0.29, 0.717) is 0 Å². The van der Waals surface area contributed by atoms with Gasteiger partial charge in [0.05, 0.1) is 7.11 Å². The quantitative estimate of drug-likeness (QED) is 0.648. The molecular weight excluding hydrogens is 167 g/mol. The standard InChI is InChI=1S/C9H13BO3/c1-3-7-4-5-9(13-2)8(6-7)10(11)12/h4-6,11-12H,3H2,1-2H3/i1D3,3D2. The molecule has 1 rings (SSSR count). The molecule has 0 saturated heterocycles. The molecule has 1 aromatic rings. The Morgan fingerprint density at radius 2 is 2.38 bits per heavy atom. The van der Waals surface area contributed by atoms with Gasteiger partial charge in [-0.2, -0.15) is 0 Å². The zero-order valence-corrected chi connectivity index (χ0v) is 7.11. The molecule has 13 heavy (non-hydrogen) atoms. The number of aryl methyl sites for hydroxylation is 1. The van der Waals surface area contributed by atoms with Gasteiger partial charge in [-0.05, 0) is 18.0 Å².